The van der Waals surface area contributed by atoms with Crippen LogP contribution in [0, 0.1) is 0 Å². The molecule has 0 aliphatic rings. The number of nitrogens with zero attached hydrogens (tertiary/aromatic N) is 5. The quantitative estimate of drug-likeness (QED) is 0.710. The maximum Gasteiger partial charge on any atom is 0.201 e. The van der Waals surface area contributed by atoms with E-state index < -0.39 is 0 Å². The number of hydrogen-bond acceptors (Lipinski definition) is 5. The van der Waals surface area contributed by atoms with Gasteiger partial charge in [0.2, 0.25) is 5.16 Å². The van der Waals surface area contributed by atoms with Gasteiger partial charge in [0.15, 0.2) is 5.65 Å². The van der Waals surface area contributed by atoms with Gasteiger partial charge in [-0.3, -0.25) is 9.38 Å². The minimum atomic E-state index is 0.365. The van der Waals surface area contributed by atoms with Crippen molar-refractivity contribution in [2.24, 2.45) is 0 Å². The van der Waals surface area contributed by atoms with Crippen LogP contribution in [0.3, 0.4) is 0 Å². The van der Waals surface area contributed by atoms with Crippen LogP contribution in [0.15, 0.2) is 47.0 Å². The summed E-state index contributed by atoms with van der Waals surface area (Å²) in [6.07, 6.45) is 5.03. The number of halogens is 1. The maximum absolute atomic E-state index is 5.77. The van der Waals surface area contributed by atoms with Crippen molar-refractivity contribution >= 4 is 29.0 Å². The van der Waals surface area contributed by atoms with Crippen molar-refractivity contribution in [3.8, 4) is 0 Å². The van der Waals surface area contributed by atoms with E-state index in [-0.39, 0.29) is 0 Å². The molecule has 7 heteroatoms. The Kier molecular flexibility index (Phi) is 2.66. The van der Waals surface area contributed by atoms with Crippen LogP contribution in [0.25, 0.3) is 5.65 Å². The molecule has 0 N–H and O–H groups in total. The van der Waals surface area contributed by atoms with E-state index in [0.717, 1.165) is 10.8 Å². The van der Waals surface area contributed by atoms with Gasteiger partial charge in [0.25, 0.3) is 0 Å². The van der Waals surface area contributed by atoms with Crippen LogP contribution in [0.2, 0.25) is 5.15 Å². The zero-order chi connectivity index (χ0) is 11.7. The summed E-state index contributed by atoms with van der Waals surface area (Å²) in [7, 11) is 0. The van der Waals surface area contributed by atoms with E-state index in [1.807, 2.05) is 28.8 Å². The predicted molar refractivity (Wildman–Crippen MR) is 64.2 cm³/mol. The molecule has 3 aromatic heterocycles. The second-order valence-electron chi connectivity index (χ2n) is 3.19. The highest BCUT2D eigenvalue weighted by Gasteiger charge is 2.07. The van der Waals surface area contributed by atoms with Crippen LogP contribution in [-0.4, -0.2) is 24.6 Å². The number of hydrogen-bond donors (Lipinski definition) is 0. The minimum absolute atomic E-state index is 0.365. The first-order valence-electron chi connectivity index (χ1n) is 4.78. The summed E-state index contributed by atoms with van der Waals surface area (Å²) in [4.78, 5) is 8.11. The van der Waals surface area contributed by atoms with Crippen LogP contribution in [0.4, 0.5) is 0 Å². The van der Waals surface area contributed by atoms with Crippen LogP contribution < -0.4 is 0 Å². The van der Waals surface area contributed by atoms with Gasteiger partial charge in [0.05, 0.1) is 12.4 Å². The van der Waals surface area contributed by atoms with Gasteiger partial charge < -0.3 is 0 Å². The SMILES string of the molecule is Clc1cncc(Sc2nnc3ccccn23)n1. The monoisotopic (exact) mass is 263 g/mol. The summed E-state index contributed by atoms with van der Waals surface area (Å²) >= 11 is 7.14. The highest BCUT2D eigenvalue weighted by Crippen LogP contribution is 2.24. The fourth-order valence-corrected chi connectivity index (χ4v) is 2.33. The molecule has 17 heavy (non-hydrogen) atoms. The first kappa shape index (κ1) is 10.5. The average molecular weight is 264 g/mol. The molecule has 0 fully saturated rings. The molecule has 5 nitrogen and oxygen atoms in total. The maximum atomic E-state index is 5.77. The van der Waals surface area contributed by atoms with E-state index in [4.69, 9.17) is 11.6 Å². The molecule has 0 aliphatic carbocycles. The van der Waals surface area contributed by atoms with Gasteiger partial charge in [0, 0.05) is 6.20 Å². The molecular formula is C10H6ClN5S. The first-order valence-corrected chi connectivity index (χ1v) is 5.97. The second-order valence-corrected chi connectivity index (χ2v) is 4.57. The Bertz CT molecular complexity index is 668. The van der Waals surface area contributed by atoms with E-state index in [2.05, 4.69) is 20.2 Å². The van der Waals surface area contributed by atoms with Crippen molar-refractivity contribution in [3.63, 3.8) is 0 Å². The number of pyridine rings is 1. The summed E-state index contributed by atoms with van der Waals surface area (Å²) in [6.45, 7) is 0. The van der Waals surface area contributed by atoms with E-state index in [0.29, 0.717) is 10.2 Å². The molecule has 3 rings (SSSR count). The Morgan fingerprint density at radius 2 is 2.12 bits per heavy atom. The van der Waals surface area contributed by atoms with Crippen molar-refractivity contribution in [2.75, 3.05) is 0 Å². The lowest BCUT2D eigenvalue weighted by molar-refractivity contribution is 0.914. The predicted octanol–water partition coefficient (Wildman–Crippen LogP) is 2.32. The van der Waals surface area contributed by atoms with Gasteiger partial charge in [-0.15, -0.1) is 10.2 Å². The van der Waals surface area contributed by atoms with Crippen molar-refractivity contribution in [3.05, 3.63) is 41.9 Å². The number of fused-ring (bicyclic) bond motifs is 1. The Balaban J connectivity index is 2.00. The van der Waals surface area contributed by atoms with Gasteiger partial charge in [-0.25, -0.2) is 4.98 Å². The second kappa shape index (κ2) is 4.31. The van der Waals surface area contributed by atoms with Crippen molar-refractivity contribution in [1.82, 2.24) is 24.6 Å². The molecule has 0 saturated heterocycles. The van der Waals surface area contributed by atoms with Gasteiger partial charge in [-0.05, 0) is 23.9 Å². The fourth-order valence-electron chi connectivity index (χ4n) is 1.36. The zero-order valence-electron chi connectivity index (χ0n) is 8.49. The molecule has 0 spiro atoms. The molecule has 0 aliphatic heterocycles. The smallest absolute Gasteiger partial charge is 0.201 e. The van der Waals surface area contributed by atoms with Crippen molar-refractivity contribution < 1.29 is 0 Å². The highest BCUT2D eigenvalue weighted by molar-refractivity contribution is 7.99. The highest BCUT2D eigenvalue weighted by atomic mass is 35.5. The van der Waals surface area contributed by atoms with Crippen molar-refractivity contribution in [1.29, 1.82) is 0 Å². The minimum Gasteiger partial charge on any atom is -0.277 e. The first-order chi connectivity index (χ1) is 8.33. The lowest BCUT2D eigenvalue weighted by atomic mass is 10.5. The van der Waals surface area contributed by atoms with Crippen LogP contribution in [0.5, 0.6) is 0 Å². The molecule has 3 heterocycles. The van der Waals surface area contributed by atoms with E-state index in [1.165, 1.54) is 18.0 Å². The Morgan fingerprint density at radius 3 is 3.00 bits per heavy atom. The molecule has 0 saturated carbocycles. The third kappa shape index (κ3) is 2.09. The van der Waals surface area contributed by atoms with Crippen molar-refractivity contribution in [2.45, 2.75) is 10.2 Å². The average Bonchev–Trinajstić information content (AvgIpc) is 2.73. The zero-order valence-corrected chi connectivity index (χ0v) is 10.1. The molecule has 0 radical (unpaired) electrons. The largest absolute Gasteiger partial charge is 0.277 e. The molecule has 0 amide bonds. The normalized spacial score (nSPS) is 10.9. The molecule has 3 aromatic rings. The Morgan fingerprint density at radius 1 is 1.18 bits per heavy atom. The number of rotatable bonds is 2. The molecule has 84 valence electrons. The van der Waals surface area contributed by atoms with Gasteiger partial charge >= 0.3 is 0 Å². The summed E-state index contributed by atoms with van der Waals surface area (Å²) in [6, 6.07) is 5.72. The van der Waals surface area contributed by atoms with E-state index >= 15 is 0 Å². The molecule has 0 unspecified atom stereocenters. The molecule has 0 aromatic carbocycles. The lowest BCUT2D eigenvalue weighted by Crippen LogP contribution is -1.88. The fraction of sp³-hybridized carbons (Fsp3) is 0. The van der Waals surface area contributed by atoms with Crippen LogP contribution in [-0.2, 0) is 0 Å². The third-order valence-electron chi connectivity index (χ3n) is 2.06. The van der Waals surface area contributed by atoms with Crippen LogP contribution in [0.1, 0.15) is 0 Å². The van der Waals surface area contributed by atoms with Crippen LogP contribution >= 0.6 is 23.4 Å². The molecule has 0 bridgehead atoms. The molecule has 0 atom stereocenters. The van der Waals surface area contributed by atoms with E-state index in [1.54, 1.807) is 6.20 Å². The third-order valence-corrected chi connectivity index (χ3v) is 3.11. The Hall–Kier alpha value is -1.66. The van der Waals surface area contributed by atoms with Gasteiger partial charge in [0.1, 0.15) is 10.2 Å². The lowest BCUT2D eigenvalue weighted by Gasteiger charge is -1.98. The summed E-state index contributed by atoms with van der Waals surface area (Å²) in [5, 5.41) is 9.92. The van der Waals surface area contributed by atoms with Gasteiger partial charge in [-0.1, -0.05) is 17.7 Å². The molecular weight excluding hydrogens is 258 g/mol. The summed E-state index contributed by atoms with van der Waals surface area (Å²) in [5.41, 5.74) is 0.796. The summed E-state index contributed by atoms with van der Waals surface area (Å²) < 4.78 is 1.88. The topological polar surface area (TPSA) is 56.0 Å². The van der Waals surface area contributed by atoms with Gasteiger partial charge in [-0.2, -0.15) is 0 Å². The standard InChI is InChI=1S/C10H6ClN5S/c11-7-5-12-6-9(13-7)17-10-15-14-8-3-1-2-4-16(8)10/h1-6H. The number of aromatic nitrogens is 5. The summed E-state index contributed by atoms with van der Waals surface area (Å²) in [5.74, 6) is 0. The van der Waals surface area contributed by atoms with E-state index in [9.17, 15) is 0 Å². The Labute approximate surface area is 106 Å².